The zero-order valence-electron chi connectivity index (χ0n) is 16.9. The van der Waals surface area contributed by atoms with Crippen molar-refractivity contribution < 1.29 is 19.3 Å². The number of aromatic nitrogens is 1. The molecule has 0 amide bonds. The summed E-state index contributed by atoms with van der Waals surface area (Å²) in [7, 11) is 4.85. The van der Waals surface area contributed by atoms with E-state index in [-0.39, 0.29) is 5.75 Å². The fourth-order valence-electron chi connectivity index (χ4n) is 3.07. The van der Waals surface area contributed by atoms with Crippen LogP contribution in [-0.4, -0.2) is 38.0 Å². The second-order valence-corrected chi connectivity index (χ2v) is 6.52. The molecule has 1 aromatic heterocycles. The molecule has 152 valence electrons. The molecular formula is C23H26N2O4. The summed E-state index contributed by atoms with van der Waals surface area (Å²) < 4.78 is 15.8. The molecule has 6 heteroatoms. The molecule has 0 atom stereocenters. The van der Waals surface area contributed by atoms with Crippen LogP contribution in [0.15, 0.2) is 54.6 Å². The van der Waals surface area contributed by atoms with Gasteiger partial charge >= 0.3 is 0 Å². The predicted octanol–water partition coefficient (Wildman–Crippen LogP) is 3.81. The van der Waals surface area contributed by atoms with E-state index in [1.807, 2.05) is 42.5 Å². The highest BCUT2D eigenvalue weighted by Gasteiger charge is 2.08. The summed E-state index contributed by atoms with van der Waals surface area (Å²) in [5.41, 5.74) is 3.70. The van der Waals surface area contributed by atoms with Crippen molar-refractivity contribution in [1.29, 1.82) is 0 Å². The number of benzene rings is 2. The molecule has 0 saturated heterocycles. The highest BCUT2D eigenvalue weighted by molar-refractivity contribution is 5.62. The van der Waals surface area contributed by atoms with Crippen molar-refractivity contribution in [2.75, 3.05) is 27.9 Å². The third-order valence-electron chi connectivity index (χ3n) is 4.66. The third-order valence-corrected chi connectivity index (χ3v) is 4.66. The number of pyridine rings is 1. The van der Waals surface area contributed by atoms with E-state index in [1.165, 1.54) is 0 Å². The zero-order chi connectivity index (χ0) is 20.6. The number of phenols is 1. The number of rotatable bonds is 9. The minimum atomic E-state index is 0.260. The Morgan fingerprint density at radius 3 is 2.48 bits per heavy atom. The maximum Gasteiger partial charge on any atom is 0.213 e. The lowest BCUT2D eigenvalue weighted by Gasteiger charge is -2.11. The first-order chi connectivity index (χ1) is 14.1. The lowest BCUT2D eigenvalue weighted by atomic mass is 10.1. The number of aromatic hydroxyl groups is 1. The number of nitrogens with one attached hydrogen (secondary N) is 1. The third kappa shape index (κ3) is 5.18. The van der Waals surface area contributed by atoms with Crippen molar-refractivity contribution in [3.8, 4) is 34.4 Å². The molecule has 6 nitrogen and oxygen atoms in total. The summed E-state index contributed by atoms with van der Waals surface area (Å²) in [5.74, 6) is 2.26. The molecule has 29 heavy (non-hydrogen) atoms. The monoisotopic (exact) mass is 394 g/mol. The normalized spacial score (nSPS) is 10.6. The first kappa shape index (κ1) is 20.5. The van der Waals surface area contributed by atoms with Crippen LogP contribution >= 0.6 is 0 Å². The van der Waals surface area contributed by atoms with E-state index in [2.05, 4.69) is 10.3 Å². The van der Waals surface area contributed by atoms with E-state index in [9.17, 15) is 5.11 Å². The van der Waals surface area contributed by atoms with Crippen molar-refractivity contribution in [2.24, 2.45) is 0 Å². The molecule has 3 aromatic rings. The number of methoxy groups -OCH3 is 3. The van der Waals surface area contributed by atoms with Gasteiger partial charge in [-0.2, -0.15) is 0 Å². The maximum atomic E-state index is 10.2. The van der Waals surface area contributed by atoms with Gasteiger partial charge in [-0.25, -0.2) is 4.98 Å². The summed E-state index contributed by atoms with van der Waals surface area (Å²) in [6.07, 6.45) is 0.832. The minimum Gasteiger partial charge on any atom is -0.508 e. The van der Waals surface area contributed by atoms with Crippen molar-refractivity contribution >= 4 is 0 Å². The Bertz CT molecular complexity index is 959. The van der Waals surface area contributed by atoms with Crippen LogP contribution < -0.4 is 19.5 Å². The lowest BCUT2D eigenvalue weighted by molar-refractivity contribution is 0.354. The van der Waals surface area contributed by atoms with Gasteiger partial charge in [0, 0.05) is 23.7 Å². The van der Waals surface area contributed by atoms with Crippen LogP contribution in [0, 0.1) is 0 Å². The molecule has 0 spiro atoms. The summed E-state index contributed by atoms with van der Waals surface area (Å²) in [4.78, 5) is 4.45. The zero-order valence-corrected chi connectivity index (χ0v) is 16.9. The Morgan fingerprint density at radius 2 is 1.72 bits per heavy atom. The second kappa shape index (κ2) is 9.80. The molecule has 0 saturated carbocycles. The van der Waals surface area contributed by atoms with Gasteiger partial charge in [-0.3, -0.25) is 0 Å². The number of ether oxygens (including phenoxy) is 3. The number of phenolic OH excluding ortho intramolecular Hbond substituents is 1. The van der Waals surface area contributed by atoms with Crippen LogP contribution in [0.1, 0.15) is 11.1 Å². The molecule has 2 aromatic carbocycles. The summed E-state index contributed by atoms with van der Waals surface area (Å²) in [5, 5.41) is 13.6. The van der Waals surface area contributed by atoms with Gasteiger partial charge in [-0.05, 0) is 54.9 Å². The fraction of sp³-hybridized carbons (Fsp3) is 0.261. The van der Waals surface area contributed by atoms with Crippen LogP contribution in [0.4, 0.5) is 0 Å². The number of nitrogens with zero attached hydrogens (tertiary/aromatic N) is 1. The first-order valence-electron chi connectivity index (χ1n) is 9.39. The fourth-order valence-corrected chi connectivity index (χ4v) is 3.07. The molecule has 2 N–H and O–H groups in total. The largest absolute Gasteiger partial charge is 0.508 e. The van der Waals surface area contributed by atoms with Crippen molar-refractivity contribution in [3.05, 3.63) is 65.7 Å². The Hall–Kier alpha value is -3.25. The van der Waals surface area contributed by atoms with E-state index in [1.54, 1.807) is 33.5 Å². The van der Waals surface area contributed by atoms with Crippen molar-refractivity contribution in [2.45, 2.75) is 13.0 Å². The number of hydrogen-bond donors (Lipinski definition) is 2. The predicted molar refractivity (Wildman–Crippen MR) is 113 cm³/mol. The van der Waals surface area contributed by atoms with E-state index < -0.39 is 0 Å². The van der Waals surface area contributed by atoms with E-state index in [0.717, 1.165) is 46.8 Å². The molecule has 0 fully saturated rings. The quantitative estimate of drug-likeness (QED) is 0.538. The Labute approximate surface area is 171 Å². The van der Waals surface area contributed by atoms with Gasteiger partial charge in [0.05, 0.1) is 27.0 Å². The molecular weight excluding hydrogens is 368 g/mol. The van der Waals surface area contributed by atoms with Crippen LogP contribution in [0.5, 0.6) is 23.1 Å². The number of hydrogen-bond acceptors (Lipinski definition) is 6. The Morgan fingerprint density at radius 1 is 0.897 bits per heavy atom. The summed E-state index contributed by atoms with van der Waals surface area (Å²) in [6.45, 7) is 1.31. The van der Waals surface area contributed by atoms with E-state index >= 15 is 0 Å². The highest BCUT2D eigenvalue weighted by Crippen LogP contribution is 2.28. The summed E-state index contributed by atoms with van der Waals surface area (Å²) >= 11 is 0. The van der Waals surface area contributed by atoms with Crippen molar-refractivity contribution in [3.63, 3.8) is 0 Å². The van der Waals surface area contributed by atoms with Crippen molar-refractivity contribution in [1.82, 2.24) is 10.3 Å². The molecule has 0 aliphatic heterocycles. The van der Waals surface area contributed by atoms with Crippen LogP contribution in [0.25, 0.3) is 11.3 Å². The van der Waals surface area contributed by atoms with Gasteiger partial charge in [-0.15, -0.1) is 0 Å². The Kier molecular flexibility index (Phi) is 6.92. The second-order valence-electron chi connectivity index (χ2n) is 6.52. The average molecular weight is 394 g/mol. The van der Waals surface area contributed by atoms with Gasteiger partial charge in [0.2, 0.25) is 5.88 Å². The molecule has 0 aliphatic carbocycles. The highest BCUT2D eigenvalue weighted by atomic mass is 16.5. The van der Waals surface area contributed by atoms with Gasteiger partial charge < -0.3 is 24.6 Å². The van der Waals surface area contributed by atoms with Crippen LogP contribution in [0.3, 0.4) is 0 Å². The lowest BCUT2D eigenvalue weighted by Crippen LogP contribution is -2.16. The Balaban J connectivity index is 1.62. The first-order valence-corrected chi connectivity index (χ1v) is 9.39. The van der Waals surface area contributed by atoms with Gasteiger partial charge in [0.15, 0.2) is 11.5 Å². The average Bonchev–Trinajstić information content (AvgIpc) is 2.77. The van der Waals surface area contributed by atoms with Gasteiger partial charge in [0.1, 0.15) is 5.75 Å². The van der Waals surface area contributed by atoms with Crippen LogP contribution in [0.2, 0.25) is 0 Å². The van der Waals surface area contributed by atoms with Gasteiger partial charge in [-0.1, -0.05) is 12.1 Å². The maximum absolute atomic E-state index is 10.2. The molecule has 3 rings (SSSR count). The summed E-state index contributed by atoms with van der Waals surface area (Å²) in [6, 6.07) is 17.0. The minimum absolute atomic E-state index is 0.260. The van der Waals surface area contributed by atoms with Gasteiger partial charge in [0.25, 0.3) is 0 Å². The molecule has 1 heterocycles. The molecule has 0 unspecified atom stereocenters. The SMILES string of the molecule is COc1cccc(-c2ccc(O)c(CNCCc3ccc(OC)c(OC)c3)c2)n1. The molecule has 0 aliphatic rings. The standard InChI is InChI=1S/C23H26N2O4/c1-27-21-10-7-16(13-22(21)28-2)11-12-24-15-18-14-17(8-9-20(18)26)19-5-4-6-23(25-19)29-3/h4-10,13-14,24,26H,11-12,15H2,1-3H3. The van der Waals surface area contributed by atoms with Crippen LogP contribution in [-0.2, 0) is 13.0 Å². The molecule has 0 bridgehead atoms. The molecule has 0 radical (unpaired) electrons. The van der Waals surface area contributed by atoms with E-state index in [4.69, 9.17) is 14.2 Å². The van der Waals surface area contributed by atoms with E-state index in [0.29, 0.717) is 12.4 Å². The smallest absolute Gasteiger partial charge is 0.213 e. The topological polar surface area (TPSA) is 72.8 Å².